The minimum absolute atomic E-state index is 0.208. The summed E-state index contributed by atoms with van der Waals surface area (Å²) in [5.41, 5.74) is 6.51. The summed E-state index contributed by atoms with van der Waals surface area (Å²) in [5.74, 6) is 5.20. The van der Waals surface area contributed by atoms with Gasteiger partial charge in [0.1, 0.15) is 0 Å². The van der Waals surface area contributed by atoms with Crippen LogP contribution in [0.4, 0.5) is 5.69 Å². The highest BCUT2D eigenvalue weighted by molar-refractivity contribution is 6.30. The van der Waals surface area contributed by atoms with Crippen molar-refractivity contribution in [2.45, 2.75) is 0 Å². The van der Waals surface area contributed by atoms with Gasteiger partial charge in [-0.15, -0.1) is 0 Å². The summed E-state index contributed by atoms with van der Waals surface area (Å²) in [7, 11) is 0. The predicted octanol–water partition coefficient (Wildman–Crippen LogP) is 1.59. The SMILES string of the molecule is NCC#Cc1cc(Cl)ccc1NC(=O)c1ccc(=O)[nH]c1. The van der Waals surface area contributed by atoms with Crippen molar-refractivity contribution >= 4 is 23.2 Å². The molecule has 1 amide bonds. The van der Waals surface area contributed by atoms with Gasteiger partial charge in [0.05, 0.1) is 17.8 Å². The van der Waals surface area contributed by atoms with Crippen LogP contribution in [0.5, 0.6) is 0 Å². The molecule has 0 atom stereocenters. The highest BCUT2D eigenvalue weighted by Crippen LogP contribution is 2.20. The van der Waals surface area contributed by atoms with Gasteiger partial charge in [0.2, 0.25) is 5.56 Å². The average Bonchev–Trinajstić information content (AvgIpc) is 2.48. The van der Waals surface area contributed by atoms with E-state index in [9.17, 15) is 9.59 Å². The van der Waals surface area contributed by atoms with Crippen molar-refractivity contribution in [3.05, 3.63) is 63.0 Å². The predicted molar refractivity (Wildman–Crippen MR) is 82.4 cm³/mol. The Morgan fingerprint density at radius 3 is 2.81 bits per heavy atom. The molecule has 0 aliphatic rings. The highest BCUT2D eigenvalue weighted by atomic mass is 35.5. The van der Waals surface area contributed by atoms with Gasteiger partial charge in [-0.05, 0) is 24.3 Å². The molecule has 1 aromatic carbocycles. The number of nitrogens with two attached hydrogens (primary N) is 1. The number of halogens is 1. The Morgan fingerprint density at radius 2 is 2.14 bits per heavy atom. The molecule has 21 heavy (non-hydrogen) atoms. The van der Waals surface area contributed by atoms with Gasteiger partial charge in [-0.2, -0.15) is 0 Å². The number of nitrogens with one attached hydrogen (secondary N) is 2. The van der Waals surface area contributed by atoms with Crippen LogP contribution in [0.25, 0.3) is 0 Å². The lowest BCUT2D eigenvalue weighted by Gasteiger charge is -2.08. The van der Waals surface area contributed by atoms with Gasteiger partial charge in [-0.3, -0.25) is 9.59 Å². The first-order valence-corrected chi connectivity index (χ1v) is 6.46. The maximum atomic E-state index is 12.1. The van der Waals surface area contributed by atoms with Crippen LogP contribution in [-0.4, -0.2) is 17.4 Å². The summed E-state index contributed by atoms with van der Waals surface area (Å²) < 4.78 is 0. The zero-order chi connectivity index (χ0) is 15.2. The summed E-state index contributed by atoms with van der Waals surface area (Å²) in [6, 6.07) is 7.68. The van der Waals surface area contributed by atoms with Crippen LogP contribution in [0.2, 0.25) is 5.02 Å². The van der Waals surface area contributed by atoms with Gasteiger partial charge < -0.3 is 16.0 Å². The summed E-state index contributed by atoms with van der Waals surface area (Å²) in [5, 5.41) is 3.23. The van der Waals surface area contributed by atoms with Crippen molar-refractivity contribution in [1.29, 1.82) is 0 Å². The number of hydrogen-bond donors (Lipinski definition) is 3. The Hall–Kier alpha value is -2.55. The Balaban J connectivity index is 2.28. The van der Waals surface area contributed by atoms with E-state index in [1.807, 2.05) is 0 Å². The van der Waals surface area contributed by atoms with E-state index in [0.717, 1.165) is 0 Å². The second-order valence-corrected chi connectivity index (χ2v) is 4.53. The lowest BCUT2D eigenvalue weighted by Crippen LogP contribution is -2.15. The fraction of sp³-hybridized carbons (Fsp3) is 0.0667. The molecule has 1 heterocycles. The third kappa shape index (κ3) is 3.96. The molecule has 0 saturated heterocycles. The summed E-state index contributed by atoms with van der Waals surface area (Å²) in [4.78, 5) is 25.5. The quantitative estimate of drug-likeness (QED) is 0.736. The molecule has 2 aromatic rings. The van der Waals surface area contributed by atoms with Crippen molar-refractivity contribution < 1.29 is 4.79 Å². The second-order valence-electron chi connectivity index (χ2n) is 4.09. The fourth-order valence-corrected chi connectivity index (χ4v) is 1.79. The van der Waals surface area contributed by atoms with E-state index < -0.39 is 0 Å². The molecule has 0 bridgehead atoms. The molecule has 0 fully saturated rings. The summed E-state index contributed by atoms with van der Waals surface area (Å²) in [6.45, 7) is 0.208. The number of rotatable bonds is 2. The number of carbonyl (C=O) groups excluding carboxylic acids is 1. The molecule has 4 N–H and O–H groups in total. The first kappa shape index (κ1) is 14.9. The largest absolute Gasteiger partial charge is 0.328 e. The van der Waals surface area contributed by atoms with Gasteiger partial charge >= 0.3 is 0 Å². The third-order valence-corrected chi connectivity index (χ3v) is 2.84. The molecule has 0 aliphatic heterocycles. The van der Waals surface area contributed by atoms with Gasteiger partial charge in [-0.25, -0.2) is 0 Å². The molecule has 1 aromatic heterocycles. The summed E-state index contributed by atoms with van der Waals surface area (Å²) >= 11 is 5.92. The van der Waals surface area contributed by atoms with E-state index in [0.29, 0.717) is 21.8 Å². The van der Waals surface area contributed by atoms with E-state index >= 15 is 0 Å². The molecule has 0 spiro atoms. The number of anilines is 1. The average molecular weight is 302 g/mol. The summed E-state index contributed by atoms with van der Waals surface area (Å²) in [6.07, 6.45) is 1.35. The van der Waals surface area contributed by atoms with Crippen LogP contribution in [-0.2, 0) is 0 Å². The third-order valence-electron chi connectivity index (χ3n) is 2.60. The standard InChI is InChI=1S/C15H12ClN3O2/c16-12-4-5-13(10(8-12)2-1-7-17)19-15(21)11-3-6-14(20)18-9-11/h3-6,8-9H,7,17H2,(H,18,20)(H,19,21). The lowest BCUT2D eigenvalue weighted by atomic mass is 10.1. The number of amides is 1. The topological polar surface area (TPSA) is 88.0 Å². The monoisotopic (exact) mass is 301 g/mol. The van der Waals surface area contributed by atoms with Crippen molar-refractivity contribution in [2.24, 2.45) is 5.73 Å². The molecular formula is C15H12ClN3O2. The number of benzene rings is 1. The van der Waals surface area contributed by atoms with Crippen LogP contribution in [0, 0.1) is 11.8 Å². The second kappa shape index (κ2) is 6.75. The molecular weight excluding hydrogens is 290 g/mol. The molecule has 2 rings (SSSR count). The molecule has 0 aliphatic carbocycles. The minimum atomic E-state index is -0.357. The smallest absolute Gasteiger partial charge is 0.257 e. The highest BCUT2D eigenvalue weighted by Gasteiger charge is 2.09. The van der Waals surface area contributed by atoms with Crippen molar-refractivity contribution in [1.82, 2.24) is 4.98 Å². The van der Waals surface area contributed by atoms with Crippen LogP contribution in [0.1, 0.15) is 15.9 Å². The van der Waals surface area contributed by atoms with Gasteiger partial charge in [0, 0.05) is 22.8 Å². The zero-order valence-corrected chi connectivity index (χ0v) is 11.7. The van der Waals surface area contributed by atoms with Crippen molar-refractivity contribution in [3.8, 4) is 11.8 Å². The molecule has 5 nitrogen and oxygen atoms in total. The first-order chi connectivity index (χ1) is 10.1. The number of aromatic nitrogens is 1. The van der Waals surface area contributed by atoms with Gasteiger partial charge in [0.15, 0.2) is 0 Å². The number of hydrogen-bond acceptors (Lipinski definition) is 3. The van der Waals surface area contributed by atoms with Crippen LogP contribution in [0.3, 0.4) is 0 Å². The number of pyridine rings is 1. The Labute approximate surface area is 126 Å². The number of H-pyrrole nitrogens is 1. The molecule has 0 unspecified atom stereocenters. The van der Waals surface area contributed by atoms with E-state index in [1.165, 1.54) is 18.3 Å². The molecule has 6 heteroatoms. The fourth-order valence-electron chi connectivity index (χ4n) is 1.62. The maximum absolute atomic E-state index is 12.1. The lowest BCUT2D eigenvalue weighted by molar-refractivity contribution is 0.102. The maximum Gasteiger partial charge on any atom is 0.257 e. The molecule has 0 saturated carbocycles. The Bertz CT molecular complexity index is 767. The Morgan fingerprint density at radius 1 is 1.33 bits per heavy atom. The van der Waals surface area contributed by atoms with Crippen LogP contribution in [0.15, 0.2) is 41.3 Å². The van der Waals surface area contributed by atoms with E-state index in [1.54, 1.807) is 18.2 Å². The Kier molecular flexibility index (Phi) is 4.77. The number of aromatic amines is 1. The zero-order valence-electron chi connectivity index (χ0n) is 10.9. The van der Waals surface area contributed by atoms with E-state index in [2.05, 4.69) is 22.1 Å². The molecule has 106 valence electrons. The molecule has 0 radical (unpaired) electrons. The normalized spacial score (nSPS) is 9.62. The van der Waals surface area contributed by atoms with Crippen LogP contribution >= 0.6 is 11.6 Å². The minimum Gasteiger partial charge on any atom is -0.328 e. The van der Waals surface area contributed by atoms with Gasteiger partial charge in [0.25, 0.3) is 5.91 Å². The van der Waals surface area contributed by atoms with Crippen LogP contribution < -0.4 is 16.6 Å². The van der Waals surface area contributed by atoms with Crippen molar-refractivity contribution in [2.75, 3.05) is 11.9 Å². The van der Waals surface area contributed by atoms with E-state index in [4.69, 9.17) is 17.3 Å². The number of carbonyl (C=O) groups is 1. The van der Waals surface area contributed by atoms with Crippen molar-refractivity contribution in [3.63, 3.8) is 0 Å². The van der Waals surface area contributed by atoms with Gasteiger partial charge in [-0.1, -0.05) is 23.4 Å². The first-order valence-electron chi connectivity index (χ1n) is 6.09. The van der Waals surface area contributed by atoms with E-state index in [-0.39, 0.29) is 18.0 Å².